The van der Waals surface area contributed by atoms with E-state index >= 15 is 0 Å². The van der Waals surface area contributed by atoms with E-state index in [1.54, 1.807) is 18.3 Å². The Hall–Kier alpha value is -2.06. The van der Waals surface area contributed by atoms with Crippen molar-refractivity contribution in [3.05, 3.63) is 48.0 Å². The topological polar surface area (TPSA) is 42.3 Å². The van der Waals surface area contributed by atoms with E-state index in [2.05, 4.69) is 19.9 Å². The Bertz CT molecular complexity index is 686. The van der Waals surface area contributed by atoms with Gasteiger partial charge in [0.1, 0.15) is 11.6 Å². The molecule has 8 heteroatoms. The fourth-order valence-electron chi connectivity index (χ4n) is 2.96. The summed E-state index contributed by atoms with van der Waals surface area (Å²) in [5, 5.41) is 3.34. The van der Waals surface area contributed by atoms with E-state index in [9.17, 15) is 13.2 Å². The van der Waals surface area contributed by atoms with Crippen LogP contribution in [0.15, 0.2) is 36.7 Å². The molecule has 1 fully saturated rings. The molecule has 1 aromatic carbocycles. The summed E-state index contributed by atoms with van der Waals surface area (Å²) >= 11 is 0. The second-order valence-corrected chi connectivity index (χ2v) is 5.78. The molecule has 0 radical (unpaired) electrons. The molecule has 1 aliphatic heterocycles. The number of nitrogens with zero attached hydrogens (tertiary/aromatic N) is 3. The van der Waals surface area contributed by atoms with Crippen molar-refractivity contribution >= 4 is 0 Å². The van der Waals surface area contributed by atoms with Gasteiger partial charge >= 0.3 is 6.36 Å². The van der Waals surface area contributed by atoms with Gasteiger partial charge in [-0.25, -0.2) is 4.98 Å². The van der Waals surface area contributed by atoms with Crippen molar-refractivity contribution in [2.45, 2.75) is 18.9 Å². The molecule has 130 valence electrons. The van der Waals surface area contributed by atoms with Crippen molar-refractivity contribution in [3.63, 3.8) is 0 Å². The van der Waals surface area contributed by atoms with Gasteiger partial charge in [-0.15, -0.1) is 13.2 Å². The maximum absolute atomic E-state index is 12.4. The van der Waals surface area contributed by atoms with E-state index in [-0.39, 0.29) is 11.8 Å². The zero-order valence-electron chi connectivity index (χ0n) is 13.3. The van der Waals surface area contributed by atoms with Crippen LogP contribution in [0.3, 0.4) is 0 Å². The fourth-order valence-corrected chi connectivity index (χ4v) is 2.96. The first-order valence-corrected chi connectivity index (χ1v) is 7.69. The van der Waals surface area contributed by atoms with Crippen LogP contribution in [0.1, 0.15) is 17.4 Å². The zero-order chi connectivity index (χ0) is 17.2. The SMILES string of the molecule is Cn1ccnc1C1CNCCN1Cc1cccc(OC(F)(F)F)c1. The highest BCUT2D eigenvalue weighted by Gasteiger charge is 2.31. The Balaban J connectivity index is 1.76. The van der Waals surface area contributed by atoms with Gasteiger partial charge in [-0.1, -0.05) is 12.1 Å². The Morgan fingerprint density at radius 2 is 2.21 bits per heavy atom. The Morgan fingerprint density at radius 1 is 1.38 bits per heavy atom. The predicted octanol–water partition coefficient (Wildman–Crippen LogP) is 2.47. The molecule has 1 unspecified atom stereocenters. The van der Waals surface area contributed by atoms with Crippen molar-refractivity contribution in [3.8, 4) is 5.75 Å². The highest BCUT2D eigenvalue weighted by atomic mass is 19.4. The first kappa shape index (κ1) is 16.8. The number of aryl methyl sites for hydroxylation is 1. The third kappa shape index (κ3) is 4.07. The normalized spacial score (nSPS) is 19.4. The molecule has 1 saturated heterocycles. The lowest BCUT2D eigenvalue weighted by Gasteiger charge is -2.35. The number of benzene rings is 1. The first-order chi connectivity index (χ1) is 11.4. The van der Waals surface area contributed by atoms with Crippen LogP contribution in [-0.2, 0) is 13.6 Å². The van der Waals surface area contributed by atoms with E-state index in [0.29, 0.717) is 6.54 Å². The van der Waals surface area contributed by atoms with Crippen LogP contribution in [-0.4, -0.2) is 40.4 Å². The fraction of sp³-hybridized carbons (Fsp3) is 0.438. The number of aromatic nitrogens is 2. The summed E-state index contributed by atoms with van der Waals surface area (Å²) in [4.78, 5) is 6.62. The molecule has 0 saturated carbocycles. The lowest BCUT2D eigenvalue weighted by Crippen LogP contribution is -2.46. The summed E-state index contributed by atoms with van der Waals surface area (Å²) < 4.78 is 43.1. The Morgan fingerprint density at radius 3 is 2.92 bits per heavy atom. The van der Waals surface area contributed by atoms with E-state index in [4.69, 9.17) is 0 Å². The van der Waals surface area contributed by atoms with E-state index in [1.165, 1.54) is 12.1 Å². The minimum Gasteiger partial charge on any atom is -0.406 e. The molecule has 0 aliphatic carbocycles. The van der Waals surface area contributed by atoms with Gasteiger partial charge in [0.25, 0.3) is 0 Å². The number of imidazole rings is 1. The van der Waals surface area contributed by atoms with Gasteiger partial charge in [-0.2, -0.15) is 0 Å². The molecular formula is C16H19F3N4O. The smallest absolute Gasteiger partial charge is 0.406 e. The van der Waals surface area contributed by atoms with Gasteiger partial charge in [-0.05, 0) is 17.7 Å². The predicted molar refractivity (Wildman–Crippen MR) is 82.4 cm³/mol. The molecule has 1 N–H and O–H groups in total. The number of ether oxygens (including phenoxy) is 1. The maximum atomic E-state index is 12.4. The van der Waals surface area contributed by atoms with Gasteiger partial charge in [-0.3, -0.25) is 4.90 Å². The summed E-state index contributed by atoms with van der Waals surface area (Å²) in [7, 11) is 1.94. The standard InChI is InChI=1S/C16H19F3N4O/c1-22-7-6-21-15(22)14-10-20-5-8-23(14)11-12-3-2-4-13(9-12)24-16(17,18)19/h2-4,6-7,9,14,20H,5,8,10-11H2,1H3. The van der Waals surface area contributed by atoms with Crippen molar-refractivity contribution < 1.29 is 17.9 Å². The molecule has 0 amide bonds. The average molecular weight is 340 g/mol. The van der Waals surface area contributed by atoms with Crippen LogP contribution in [0.25, 0.3) is 0 Å². The number of hydrogen-bond donors (Lipinski definition) is 1. The number of halogens is 3. The molecule has 1 aromatic heterocycles. The second kappa shape index (κ2) is 6.82. The van der Waals surface area contributed by atoms with Crippen molar-refractivity contribution in [2.24, 2.45) is 7.05 Å². The molecule has 1 aliphatic rings. The Labute approximate surface area is 138 Å². The summed E-state index contributed by atoms with van der Waals surface area (Å²) in [5.74, 6) is 0.744. The monoisotopic (exact) mass is 340 g/mol. The lowest BCUT2D eigenvalue weighted by molar-refractivity contribution is -0.274. The van der Waals surface area contributed by atoms with E-state index in [0.717, 1.165) is 31.0 Å². The van der Waals surface area contributed by atoms with Crippen LogP contribution >= 0.6 is 0 Å². The van der Waals surface area contributed by atoms with Crippen molar-refractivity contribution in [1.29, 1.82) is 0 Å². The second-order valence-electron chi connectivity index (χ2n) is 5.78. The van der Waals surface area contributed by atoms with Crippen LogP contribution < -0.4 is 10.1 Å². The van der Waals surface area contributed by atoms with E-state index < -0.39 is 6.36 Å². The van der Waals surface area contributed by atoms with E-state index in [1.807, 2.05) is 17.8 Å². The first-order valence-electron chi connectivity index (χ1n) is 7.69. The van der Waals surface area contributed by atoms with Gasteiger partial charge in [0, 0.05) is 45.6 Å². The van der Waals surface area contributed by atoms with Gasteiger partial charge in [0.15, 0.2) is 0 Å². The minimum absolute atomic E-state index is 0.0749. The van der Waals surface area contributed by atoms with Crippen molar-refractivity contribution in [1.82, 2.24) is 19.8 Å². The molecule has 0 spiro atoms. The molecule has 3 rings (SSSR count). The van der Waals surface area contributed by atoms with Gasteiger partial charge in [0.05, 0.1) is 6.04 Å². The zero-order valence-corrected chi connectivity index (χ0v) is 13.3. The number of piperazine rings is 1. The third-order valence-corrected chi connectivity index (χ3v) is 4.03. The average Bonchev–Trinajstić information content (AvgIpc) is 2.92. The molecule has 24 heavy (non-hydrogen) atoms. The minimum atomic E-state index is -4.68. The van der Waals surface area contributed by atoms with Crippen LogP contribution in [0, 0.1) is 0 Å². The van der Waals surface area contributed by atoms with Crippen molar-refractivity contribution in [2.75, 3.05) is 19.6 Å². The summed E-state index contributed by atoms with van der Waals surface area (Å²) in [5.41, 5.74) is 0.776. The summed E-state index contributed by atoms with van der Waals surface area (Å²) in [6.07, 6.45) is -1.04. The number of hydrogen-bond acceptors (Lipinski definition) is 4. The third-order valence-electron chi connectivity index (χ3n) is 4.03. The van der Waals surface area contributed by atoms with Crippen LogP contribution in [0.2, 0.25) is 0 Å². The highest BCUT2D eigenvalue weighted by molar-refractivity contribution is 5.28. The highest BCUT2D eigenvalue weighted by Crippen LogP contribution is 2.26. The molecule has 0 bridgehead atoms. The number of nitrogens with one attached hydrogen (secondary N) is 1. The van der Waals surface area contributed by atoms with Gasteiger partial charge in [0.2, 0.25) is 0 Å². The van der Waals surface area contributed by atoms with Gasteiger partial charge < -0.3 is 14.6 Å². The summed E-state index contributed by atoms with van der Waals surface area (Å²) in [6.45, 7) is 2.92. The molecule has 5 nitrogen and oxygen atoms in total. The van der Waals surface area contributed by atoms with Crippen LogP contribution in [0.5, 0.6) is 5.75 Å². The number of alkyl halides is 3. The number of rotatable bonds is 4. The maximum Gasteiger partial charge on any atom is 0.573 e. The quantitative estimate of drug-likeness (QED) is 0.929. The molecule has 2 aromatic rings. The summed E-state index contributed by atoms with van der Waals surface area (Å²) in [6, 6.07) is 6.21. The molecule has 2 heterocycles. The molecule has 1 atom stereocenters. The Kier molecular flexibility index (Phi) is 4.77. The molecular weight excluding hydrogens is 321 g/mol. The largest absolute Gasteiger partial charge is 0.573 e. The van der Waals surface area contributed by atoms with Crippen LogP contribution in [0.4, 0.5) is 13.2 Å². The lowest BCUT2D eigenvalue weighted by atomic mass is 10.1.